The maximum atomic E-state index is 11.9. The highest BCUT2D eigenvalue weighted by Crippen LogP contribution is 2.23. The van der Waals surface area contributed by atoms with Crippen LogP contribution in [0.4, 0.5) is 0 Å². The lowest BCUT2D eigenvalue weighted by Crippen LogP contribution is -2.14. The second-order valence-corrected chi connectivity index (χ2v) is 5.94. The van der Waals surface area contributed by atoms with E-state index in [0.29, 0.717) is 12.8 Å². The molecule has 1 heterocycles. The lowest BCUT2D eigenvalue weighted by atomic mass is 10.1. The normalized spacial score (nSPS) is 17.5. The van der Waals surface area contributed by atoms with E-state index in [2.05, 4.69) is 9.78 Å². The number of hydrogen-bond acceptors (Lipinski definition) is 7. The third kappa shape index (κ3) is 5.87. The summed E-state index contributed by atoms with van der Waals surface area (Å²) in [4.78, 5) is 55.6. The van der Waals surface area contributed by atoms with E-state index in [1.54, 1.807) is 0 Å². The highest BCUT2D eigenvalue weighted by molar-refractivity contribution is 5.96. The van der Waals surface area contributed by atoms with Crippen molar-refractivity contribution < 1.29 is 38.8 Å². The monoisotopic (exact) mass is 364 g/mol. The average molecular weight is 364 g/mol. The molecule has 26 heavy (non-hydrogen) atoms. The summed E-state index contributed by atoms with van der Waals surface area (Å²) in [6.45, 7) is 0. The maximum absolute atomic E-state index is 11.9. The summed E-state index contributed by atoms with van der Waals surface area (Å²) >= 11 is 0. The minimum absolute atomic E-state index is 0.102. The van der Waals surface area contributed by atoms with Crippen molar-refractivity contribution in [2.24, 2.45) is 0 Å². The van der Waals surface area contributed by atoms with Gasteiger partial charge in [0.1, 0.15) is 11.3 Å². The number of carboxylic acid groups (broad SMARTS) is 1. The van der Waals surface area contributed by atoms with Gasteiger partial charge in [0.25, 0.3) is 0 Å². The molecule has 1 aliphatic rings. The quantitative estimate of drug-likeness (QED) is 0.459. The summed E-state index contributed by atoms with van der Waals surface area (Å²) in [5, 5.41) is 9.19. The fourth-order valence-electron chi connectivity index (χ4n) is 2.50. The number of hydrogen-bond donors (Lipinski definition) is 1. The summed E-state index contributed by atoms with van der Waals surface area (Å²) in [5.41, 5.74) is -0.361. The van der Waals surface area contributed by atoms with Crippen molar-refractivity contribution in [2.45, 2.75) is 51.4 Å². The number of carbonyl (C=O) groups excluding carboxylic acids is 3. The molecule has 0 spiro atoms. The Kier molecular flexibility index (Phi) is 7.13. The Hall–Kier alpha value is -2.90. The minimum Gasteiger partial charge on any atom is -0.478 e. The van der Waals surface area contributed by atoms with Gasteiger partial charge >= 0.3 is 23.9 Å². The average Bonchev–Trinajstić information content (AvgIpc) is 2.60. The van der Waals surface area contributed by atoms with Gasteiger partial charge in [-0.2, -0.15) is 0 Å². The van der Waals surface area contributed by atoms with Crippen LogP contribution in [0.3, 0.4) is 0 Å². The number of esters is 1. The Morgan fingerprint density at radius 2 is 1.46 bits per heavy atom. The number of carboxylic acids is 1. The Labute approximate surface area is 150 Å². The summed E-state index contributed by atoms with van der Waals surface area (Å²) in [6, 6.07) is 3.39. The molecule has 8 nitrogen and oxygen atoms in total. The van der Waals surface area contributed by atoms with Crippen LogP contribution in [0.1, 0.15) is 72.1 Å². The third-order valence-corrected chi connectivity index (χ3v) is 3.89. The largest absolute Gasteiger partial charge is 0.478 e. The Balaban J connectivity index is 2.20. The van der Waals surface area contributed by atoms with Crippen LogP contribution < -0.4 is 4.74 Å². The summed E-state index contributed by atoms with van der Waals surface area (Å²) in [6.07, 6.45) is 5.00. The van der Waals surface area contributed by atoms with E-state index in [1.165, 1.54) is 6.07 Å². The van der Waals surface area contributed by atoms with Gasteiger partial charge in [0.2, 0.25) is 0 Å². The van der Waals surface area contributed by atoms with Crippen molar-refractivity contribution in [3.05, 3.63) is 29.3 Å². The predicted octanol–water partition coefficient (Wildman–Crippen LogP) is 3.04. The van der Waals surface area contributed by atoms with Crippen LogP contribution in [0.2, 0.25) is 0 Å². The van der Waals surface area contributed by atoms with Crippen LogP contribution in [0, 0.1) is 0 Å². The van der Waals surface area contributed by atoms with Gasteiger partial charge in [0.15, 0.2) is 0 Å². The third-order valence-electron chi connectivity index (χ3n) is 3.89. The van der Waals surface area contributed by atoms with Gasteiger partial charge in [-0.05, 0) is 31.0 Å². The molecule has 8 heteroatoms. The molecule has 0 aliphatic carbocycles. The first-order valence-electron chi connectivity index (χ1n) is 8.47. The van der Waals surface area contributed by atoms with Crippen LogP contribution in [0.25, 0.3) is 0 Å². The van der Waals surface area contributed by atoms with Gasteiger partial charge in [-0.3, -0.25) is 4.79 Å². The van der Waals surface area contributed by atoms with E-state index in [1.807, 2.05) is 0 Å². The molecule has 0 amide bonds. The number of carbonyl (C=O) groups is 4. The lowest BCUT2D eigenvalue weighted by molar-refractivity contribution is -0.234. The molecule has 140 valence electrons. The number of rotatable bonds is 1. The molecule has 1 aromatic carbocycles. The van der Waals surface area contributed by atoms with E-state index in [-0.39, 0.29) is 29.7 Å². The SMILES string of the molecule is O=C1CCCCCCCCC(=O)Oc2cc(ccc2C(=O)O)C(=O)OO1. The number of fused-ring (bicyclic) bond motifs is 2. The smallest absolute Gasteiger partial charge is 0.386 e. The number of benzene rings is 1. The summed E-state index contributed by atoms with van der Waals surface area (Å²) < 4.78 is 5.11. The maximum Gasteiger partial charge on any atom is 0.386 e. The number of ether oxygens (including phenoxy) is 1. The molecular formula is C18H20O8. The molecule has 0 fully saturated rings. The molecule has 1 N–H and O–H groups in total. The van der Waals surface area contributed by atoms with Crippen LogP contribution in [-0.4, -0.2) is 29.0 Å². The first-order chi connectivity index (χ1) is 12.5. The fraction of sp³-hybridized carbons (Fsp3) is 0.444. The Morgan fingerprint density at radius 3 is 2.12 bits per heavy atom. The van der Waals surface area contributed by atoms with Crippen molar-refractivity contribution in [2.75, 3.05) is 0 Å². The summed E-state index contributed by atoms with van der Waals surface area (Å²) in [7, 11) is 0. The van der Waals surface area contributed by atoms with Crippen LogP contribution in [0.15, 0.2) is 18.2 Å². The van der Waals surface area contributed by atoms with Gasteiger partial charge in [0.05, 0.1) is 12.0 Å². The second kappa shape index (κ2) is 9.55. The molecule has 2 rings (SSSR count). The molecule has 0 radical (unpaired) electrons. The molecule has 2 bridgehead atoms. The van der Waals surface area contributed by atoms with E-state index < -0.39 is 23.9 Å². The molecular weight excluding hydrogens is 344 g/mol. The lowest BCUT2D eigenvalue weighted by Gasteiger charge is -2.09. The fourth-order valence-corrected chi connectivity index (χ4v) is 2.50. The van der Waals surface area contributed by atoms with Crippen molar-refractivity contribution >= 4 is 23.9 Å². The van der Waals surface area contributed by atoms with Crippen LogP contribution in [0.5, 0.6) is 5.75 Å². The minimum atomic E-state index is -1.30. The zero-order chi connectivity index (χ0) is 18.9. The van der Waals surface area contributed by atoms with Gasteiger partial charge < -0.3 is 9.84 Å². The molecule has 0 atom stereocenters. The van der Waals surface area contributed by atoms with E-state index in [4.69, 9.17) is 4.74 Å². The molecule has 0 saturated heterocycles. The first-order valence-corrected chi connectivity index (χ1v) is 8.47. The molecule has 1 aromatic rings. The van der Waals surface area contributed by atoms with Gasteiger partial charge in [0, 0.05) is 6.42 Å². The molecule has 0 unspecified atom stereocenters. The number of aromatic carboxylic acids is 1. The molecule has 0 aromatic heterocycles. The zero-order valence-corrected chi connectivity index (χ0v) is 14.2. The topological polar surface area (TPSA) is 116 Å². The van der Waals surface area contributed by atoms with Crippen LogP contribution >= 0.6 is 0 Å². The van der Waals surface area contributed by atoms with Gasteiger partial charge in [-0.25, -0.2) is 24.2 Å². The highest BCUT2D eigenvalue weighted by atomic mass is 17.2. The van der Waals surface area contributed by atoms with E-state index in [9.17, 15) is 24.3 Å². The standard InChI is InChI=1S/C18H20O8/c19-15-7-5-3-1-2-4-6-8-16(20)25-26-18(23)12-9-10-13(17(21)22)14(11-12)24-15/h9-11H,1-8H2,(H,21,22). The Bertz CT molecular complexity index is 694. The molecule has 1 aliphatic heterocycles. The predicted molar refractivity (Wildman–Crippen MR) is 87.5 cm³/mol. The van der Waals surface area contributed by atoms with E-state index >= 15 is 0 Å². The Morgan fingerprint density at radius 1 is 0.846 bits per heavy atom. The van der Waals surface area contributed by atoms with Crippen molar-refractivity contribution in [3.63, 3.8) is 0 Å². The highest BCUT2D eigenvalue weighted by Gasteiger charge is 2.20. The van der Waals surface area contributed by atoms with Gasteiger partial charge in [-0.1, -0.05) is 25.7 Å². The van der Waals surface area contributed by atoms with Gasteiger partial charge in [-0.15, -0.1) is 0 Å². The van der Waals surface area contributed by atoms with Crippen molar-refractivity contribution in [1.82, 2.24) is 0 Å². The van der Waals surface area contributed by atoms with Crippen LogP contribution in [-0.2, 0) is 19.4 Å². The molecule has 0 saturated carbocycles. The zero-order valence-electron chi connectivity index (χ0n) is 14.2. The van der Waals surface area contributed by atoms with E-state index in [0.717, 1.165) is 37.8 Å². The van der Waals surface area contributed by atoms with Crippen molar-refractivity contribution in [3.8, 4) is 5.75 Å². The first kappa shape index (κ1) is 19.4. The second-order valence-electron chi connectivity index (χ2n) is 5.94. The summed E-state index contributed by atoms with van der Waals surface area (Å²) in [5.74, 6) is -3.78. The van der Waals surface area contributed by atoms with Crippen molar-refractivity contribution in [1.29, 1.82) is 0 Å².